The van der Waals surface area contributed by atoms with Crippen molar-refractivity contribution in [2.75, 3.05) is 18.4 Å². The zero-order valence-corrected chi connectivity index (χ0v) is 13.0. The van der Waals surface area contributed by atoms with Crippen LogP contribution in [-0.4, -0.2) is 19.0 Å². The molecule has 0 aliphatic carbocycles. The molecule has 1 amide bonds. The Morgan fingerprint density at radius 1 is 1.53 bits per heavy atom. The lowest BCUT2D eigenvalue weighted by atomic mass is 9.99. The first-order valence-electron chi connectivity index (χ1n) is 5.63. The van der Waals surface area contributed by atoms with E-state index < -0.39 is 0 Å². The Bertz CT molecular complexity index is 419. The Morgan fingerprint density at radius 2 is 2.35 bits per heavy atom. The molecule has 2 N–H and O–H groups in total. The van der Waals surface area contributed by atoms with Crippen LogP contribution >= 0.6 is 38.5 Å². The molecule has 0 unspecified atom stereocenters. The summed E-state index contributed by atoms with van der Waals surface area (Å²) in [5.41, 5.74) is 0.869. The predicted molar refractivity (Wildman–Crippen MR) is 81.1 cm³/mol. The molecule has 17 heavy (non-hydrogen) atoms. The van der Waals surface area contributed by atoms with E-state index in [1.54, 1.807) is 0 Å². The number of halogens is 2. The molecule has 1 aromatic rings. The first-order valence-corrected chi connectivity index (χ1v) is 7.50. The van der Waals surface area contributed by atoms with Gasteiger partial charge in [0.1, 0.15) is 0 Å². The van der Waals surface area contributed by atoms with Crippen LogP contribution in [0.15, 0.2) is 22.7 Å². The fourth-order valence-corrected chi connectivity index (χ4v) is 2.66. The third kappa shape index (κ3) is 3.66. The zero-order valence-electron chi connectivity index (χ0n) is 9.30. The van der Waals surface area contributed by atoms with Crippen LogP contribution in [0.25, 0.3) is 0 Å². The molecule has 0 spiro atoms. The molecule has 0 bridgehead atoms. The molecular weight excluding hydrogens is 395 g/mol. The van der Waals surface area contributed by atoms with E-state index in [1.165, 1.54) is 0 Å². The lowest BCUT2D eigenvalue weighted by Crippen LogP contribution is -2.37. The van der Waals surface area contributed by atoms with Gasteiger partial charge in [-0.3, -0.25) is 4.79 Å². The van der Waals surface area contributed by atoms with Gasteiger partial charge in [-0.2, -0.15) is 0 Å². The molecule has 0 radical (unpaired) electrons. The summed E-state index contributed by atoms with van der Waals surface area (Å²) in [6, 6.07) is 5.84. The summed E-state index contributed by atoms with van der Waals surface area (Å²) in [6.45, 7) is 1.82. The van der Waals surface area contributed by atoms with Crippen molar-refractivity contribution >= 4 is 50.1 Å². The van der Waals surface area contributed by atoms with Gasteiger partial charge >= 0.3 is 0 Å². The van der Waals surface area contributed by atoms with Gasteiger partial charge < -0.3 is 10.6 Å². The number of rotatable bonds is 2. The normalized spacial score (nSPS) is 20.0. The van der Waals surface area contributed by atoms with Crippen LogP contribution in [0.5, 0.6) is 0 Å². The summed E-state index contributed by atoms with van der Waals surface area (Å²) in [7, 11) is 0. The van der Waals surface area contributed by atoms with Gasteiger partial charge in [0.25, 0.3) is 0 Å². The summed E-state index contributed by atoms with van der Waals surface area (Å²) in [4.78, 5) is 12.0. The average molecular weight is 409 g/mol. The Kier molecular flexibility index (Phi) is 4.81. The highest BCUT2D eigenvalue weighted by molar-refractivity contribution is 14.1. The lowest BCUT2D eigenvalue weighted by Gasteiger charge is -2.21. The van der Waals surface area contributed by atoms with E-state index in [-0.39, 0.29) is 11.8 Å². The third-order valence-corrected chi connectivity index (χ3v) is 5.18. The van der Waals surface area contributed by atoms with E-state index >= 15 is 0 Å². The summed E-state index contributed by atoms with van der Waals surface area (Å²) >= 11 is 5.68. The van der Waals surface area contributed by atoms with E-state index in [4.69, 9.17) is 0 Å². The first kappa shape index (κ1) is 13.3. The molecule has 1 aromatic carbocycles. The van der Waals surface area contributed by atoms with Gasteiger partial charge in [-0.15, -0.1) is 0 Å². The van der Waals surface area contributed by atoms with E-state index in [0.29, 0.717) is 0 Å². The molecule has 1 fully saturated rings. The molecule has 0 saturated carbocycles. The Morgan fingerprint density at radius 3 is 3.00 bits per heavy atom. The number of nitrogens with one attached hydrogen (secondary N) is 2. The highest BCUT2D eigenvalue weighted by Gasteiger charge is 2.20. The van der Waals surface area contributed by atoms with Gasteiger partial charge in [0, 0.05) is 20.3 Å². The molecule has 1 saturated heterocycles. The molecule has 3 nitrogen and oxygen atoms in total. The van der Waals surface area contributed by atoms with Crippen molar-refractivity contribution in [3.8, 4) is 0 Å². The second-order valence-corrected chi connectivity index (χ2v) is 6.18. The van der Waals surface area contributed by atoms with Gasteiger partial charge in [0.15, 0.2) is 0 Å². The van der Waals surface area contributed by atoms with Crippen molar-refractivity contribution in [2.24, 2.45) is 5.92 Å². The Balaban J connectivity index is 1.99. The Labute approximate surface area is 123 Å². The van der Waals surface area contributed by atoms with Crippen LogP contribution in [0.3, 0.4) is 0 Å². The minimum Gasteiger partial charge on any atom is -0.326 e. The molecule has 1 heterocycles. The second kappa shape index (κ2) is 6.15. The van der Waals surface area contributed by atoms with Gasteiger partial charge in [-0.1, -0.05) is 0 Å². The quantitative estimate of drug-likeness (QED) is 0.738. The first-order chi connectivity index (χ1) is 8.16. The maximum atomic E-state index is 12.0. The fraction of sp³-hybridized carbons (Fsp3) is 0.417. The predicted octanol–water partition coefficient (Wildman–Crippen LogP) is 2.99. The van der Waals surface area contributed by atoms with Crippen LogP contribution in [-0.2, 0) is 4.79 Å². The number of piperidine rings is 1. The summed E-state index contributed by atoms with van der Waals surface area (Å²) in [5.74, 6) is 0.223. The largest absolute Gasteiger partial charge is 0.326 e. The van der Waals surface area contributed by atoms with Crippen LogP contribution in [0, 0.1) is 9.49 Å². The molecule has 2 rings (SSSR count). The van der Waals surface area contributed by atoms with Crippen LogP contribution < -0.4 is 10.6 Å². The summed E-state index contributed by atoms with van der Waals surface area (Å²) in [5, 5.41) is 6.23. The number of hydrogen-bond donors (Lipinski definition) is 2. The SMILES string of the molecule is O=C(Nc1ccc(Br)c(I)c1)[C@H]1CCCNC1. The molecule has 5 heteroatoms. The number of anilines is 1. The standard InChI is InChI=1S/C12H14BrIN2O/c13-10-4-3-9(6-11(10)14)16-12(17)8-2-1-5-15-7-8/h3-4,6,8,15H,1-2,5,7H2,(H,16,17)/t8-/m0/s1. The second-order valence-electron chi connectivity index (χ2n) is 4.16. The Hall–Kier alpha value is -0.140. The number of benzene rings is 1. The smallest absolute Gasteiger partial charge is 0.228 e. The van der Waals surface area contributed by atoms with Crippen LogP contribution in [0.1, 0.15) is 12.8 Å². The van der Waals surface area contributed by atoms with Crippen molar-refractivity contribution in [3.63, 3.8) is 0 Å². The average Bonchev–Trinajstić information content (AvgIpc) is 2.35. The zero-order chi connectivity index (χ0) is 12.3. The van der Waals surface area contributed by atoms with Crippen molar-refractivity contribution in [3.05, 3.63) is 26.2 Å². The van der Waals surface area contributed by atoms with E-state index in [2.05, 4.69) is 49.2 Å². The highest BCUT2D eigenvalue weighted by Crippen LogP contribution is 2.23. The van der Waals surface area contributed by atoms with Gasteiger partial charge in [-0.25, -0.2) is 0 Å². The lowest BCUT2D eigenvalue weighted by molar-refractivity contribution is -0.120. The molecule has 0 aromatic heterocycles. The summed E-state index contributed by atoms with van der Waals surface area (Å²) in [6.07, 6.45) is 2.06. The van der Waals surface area contributed by atoms with Crippen LogP contribution in [0.4, 0.5) is 5.69 Å². The number of carbonyl (C=O) groups excluding carboxylic acids is 1. The van der Waals surface area contributed by atoms with E-state index in [9.17, 15) is 4.79 Å². The highest BCUT2D eigenvalue weighted by atomic mass is 127. The van der Waals surface area contributed by atoms with Gasteiger partial charge in [0.05, 0.1) is 5.92 Å². The van der Waals surface area contributed by atoms with Gasteiger partial charge in [-0.05, 0) is 76.1 Å². The van der Waals surface area contributed by atoms with E-state index in [0.717, 1.165) is 39.7 Å². The molecule has 1 atom stereocenters. The maximum Gasteiger partial charge on any atom is 0.228 e. The van der Waals surface area contributed by atoms with Gasteiger partial charge in [0.2, 0.25) is 5.91 Å². The number of hydrogen-bond acceptors (Lipinski definition) is 2. The number of carbonyl (C=O) groups is 1. The maximum absolute atomic E-state index is 12.0. The van der Waals surface area contributed by atoms with E-state index in [1.807, 2.05) is 18.2 Å². The van der Waals surface area contributed by atoms with Crippen molar-refractivity contribution < 1.29 is 4.79 Å². The molecule has 1 aliphatic rings. The number of amides is 1. The molecular formula is C12H14BrIN2O. The van der Waals surface area contributed by atoms with Crippen molar-refractivity contribution in [1.29, 1.82) is 0 Å². The van der Waals surface area contributed by atoms with Crippen molar-refractivity contribution in [1.82, 2.24) is 5.32 Å². The molecule has 92 valence electrons. The monoisotopic (exact) mass is 408 g/mol. The summed E-state index contributed by atoms with van der Waals surface area (Å²) < 4.78 is 2.15. The minimum absolute atomic E-state index is 0.102. The third-order valence-electron chi connectivity index (χ3n) is 2.85. The molecule has 1 aliphatic heterocycles. The topological polar surface area (TPSA) is 41.1 Å². The van der Waals surface area contributed by atoms with Crippen molar-refractivity contribution in [2.45, 2.75) is 12.8 Å². The van der Waals surface area contributed by atoms with Crippen LogP contribution in [0.2, 0.25) is 0 Å². The minimum atomic E-state index is 0.102. The fourth-order valence-electron chi connectivity index (χ4n) is 1.89.